The number of carbonyl (C=O) groups is 1. The van der Waals surface area contributed by atoms with E-state index < -0.39 is 0 Å². The zero-order chi connectivity index (χ0) is 34.2. The van der Waals surface area contributed by atoms with E-state index in [-0.39, 0.29) is 22.7 Å². The molecule has 0 heterocycles. The fourth-order valence-corrected chi connectivity index (χ4v) is 6.86. The Morgan fingerprint density at radius 3 is 1.73 bits per heavy atom. The Labute approximate surface area is 288 Å². The molecule has 0 bridgehead atoms. The Balaban J connectivity index is 1.40. The van der Waals surface area contributed by atoms with Gasteiger partial charge in [-0.2, -0.15) is 4.58 Å². The van der Waals surface area contributed by atoms with Crippen LogP contribution in [0.4, 0.5) is 17.1 Å². The molecule has 250 valence electrons. The molecule has 0 saturated carbocycles. The van der Waals surface area contributed by atoms with Gasteiger partial charge < -0.3 is 10.0 Å². The highest BCUT2D eigenvalue weighted by Crippen LogP contribution is 2.39. The van der Waals surface area contributed by atoms with Crippen LogP contribution in [0.25, 0.3) is 5.57 Å². The lowest BCUT2D eigenvalue weighted by molar-refractivity contribution is -0.480. The number of ketones is 1. The third-order valence-corrected chi connectivity index (χ3v) is 9.73. The van der Waals surface area contributed by atoms with Crippen LogP contribution in [0.2, 0.25) is 0 Å². The van der Waals surface area contributed by atoms with Gasteiger partial charge in [-0.15, -0.1) is 0 Å². The molecular formula is C44H52N2O2. The van der Waals surface area contributed by atoms with Crippen LogP contribution in [0.5, 0.6) is 0 Å². The van der Waals surface area contributed by atoms with E-state index >= 15 is 0 Å². The molecule has 2 aliphatic carbocycles. The van der Waals surface area contributed by atoms with Gasteiger partial charge in [-0.1, -0.05) is 99.2 Å². The molecule has 0 spiro atoms. The summed E-state index contributed by atoms with van der Waals surface area (Å²) in [6.45, 7) is 13.2. The third-order valence-electron chi connectivity index (χ3n) is 9.73. The highest BCUT2D eigenvalue weighted by atomic mass is 16.3. The minimum Gasteiger partial charge on any atom is -0.871 e. The van der Waals surface area contributed by atoms with E-state index in [4.69, 9.17) is 0 Å². The molecule has 3 aromatic carbocycles. The van der Waals surface area contributed by atoms with Gasteiger partial charge in [-0.25, -0.2) is 0 Å². The summed E-state index contributed by atoms with van der Waals surface area (Å²) in [5.41, 5.74) is 8.82. The predicted octanol–water partition coefficient (Wildman–Crippen LogP) is 10.2. The van der Waals surface area contributed by atoms with Crippen LogP contribution < -0.4 is 10.0 Å². The number of nitrogens with zero attached hydrogens (tertiary/aromatic N) is 2. The second kappa shape index (κ2) is 16.1. The van der Waals surface area contributed by atoms with Crippen molar-refractivity contribution in [1.29, 1.82) is 0 Å². The fraction of sp³-hybridized carbons (Fsp3) is 0.364. The third kappa shape index (κ3) is 7.81. The molecule has 2 atom stereocenters. The standard InChI is InChI=1S/C44H52N2O2/c1-7-9-11-13-33(5)45(37-23-15-31(3)16-24-37)39-27-19-35(20-28-39)41-43(47)42(44(41)48)36-21-29-40(30-22-36)46(34(6)14-12-10-8-2)38-25-17-32(4)18-26-38/h15-30,33-34H,7-14H2,1-6H3. The monoisotopic (exact) mass is 640 g/mol. The van der Waals surface area contributed by atoms with Gasteiger partial charge in [0.1, 0.15) is 0 Å². The van der Waals surface area contributed by atoms with E-state index in [1.54, 1.807) is 0 Å². The number of hydrogen-bond donors (Lipinski definition) is 0. The number of aryl methyl sites for hydroxylation is 2. The molecule has 4 heteroatoms. The minimum absolute atomic E-state index is 0.174. The van der Waals surface area contributed by atoms with Crippen molar-refractivity contribution < 1.29 is 14.5 Å². The second-order valence-corrected chi connectivity index (χ2v) is 13.6. The summed E-state index contributed by atoms with van der Waals surface area (Å²) in [6, 6.07) is 25.9. The minimum atomic E-state index is -0.174. The predicted molar refractivity (Wildman–Crippen MR) is 200 cm³/mol. The summed E-state index contributed by atoms with van der Waals surface area (Å²) >= 11 is 0. The number of hydrogen-bond acceptors (Lipinski definition) is 3. The molecule has 0 radical (unpaired) electrons. The van der Waals surface area contributed by atoms with Gasteiger partial charge >= 0.3 is 0 Å². The molecule has 0 N–H and O–H groups in total. The van der Waals surface area contributed by atoms with Crippen molar-refractivity contribution >= 4 is 34.1 Å². The van der Waals surface area contributed by atoms with Gasteiger partial charge in [0.15, 0.2) is 11.8 Å². The molecule has 2 aliphatic rings. The summed E-state index contributed by atoms with van der Waals surface area (Å²) in [6.07, 6.45) is 17.3. The second-order valence-electron chi connectivity index (χ2n) is 13.6. The zero-order valence-corrected chi connectivity index (χ0v) is 29.8. The maximum Gasteiger partial charge on any atom is 0.205 e. The average molecular weight is 641 g/mol. The Kier molecular flexibility index (Phi) is 11.7. The highest BCUT2D eigenvalue weighted by Gasteiger charge is 2.31. The topological polar surface area (TPSA) is 46.4 Å². The van der Waals surface area contributed by atoms with Crippen LogP contribution >= 0.6 is 0 Å². The first kappa shape index (κ1) is 34.9. The molecule has 0 aromatic heterocycles. The van der Waals surface area contributed by atoms with Crippen LogP contribution in [0.15, 0.2) is 114 Å². The number of allylic oxidation sites excluding steroid dienone is 7. The van der Waals surface area contributed by atoms with Crippen molar-refractivity contribution in [3.05, 3.63) is 131 Å². The molecule has 0 amide bonds. The molecular weight excluding hydrogens is 588 g/mol. The molecule has 4 nitrogen and oxygen atoms in total. The van der Waals surface area contributed by atoms with Crippen LogP contribution in [-0.4, -0.2) is 28.2 Å². The van der Waals surface area contributed by atoms with Gasteiger partial charge in [0.2, 0.25) is 11.4 Å². The average Bonchev–Trinajstić information content (AvgIpc) is 3.08. The van der Waals surface area contributed by atoms with Crippen molar-refractivity contribution in [3.63, 3.8) is 0 Å². The Morgan fingerprint density at radius 2 is 1.19 bits per heavy atom. The van der Waals surface area contributed by atoms with Crippen LogP contribution in [-0.2, 0) is 4.79 Å². The molecule has 2 unspecified atom stereocenters. The Hall–Kier alpha value is -4.44. The Bertz CT molecular complexity index is 1720. The van der Waals surface area contributed by atoms with Crippen molar-refractivity contribution in [2.45, 2.75) is 105 Å². The summed E-state index contributed by atoms with van der Waals surface area (Å²) < 4.78 is 2.37. The van der Waals surface area contributed by atoms with Crippen molar-refractivity contribution in [1.82, 2.24) is 0 Å². The number of benzene rings is 3. The van der Waals surface area contributed by atoms with Crippen LogP contribution in [0.1, 0.15) is 95.8 Å². The number of anilines is 2. The van der Waals surface area contributed by atoms with Crippen LogP contribution in [0.3, 0.4) is 0 Å². The number of rotatable bonds is 14. The van der Waals surface area contributed by atoms with E-state index in [1.165, 1.54) is 49.7 Å². The van der Waals surface area contributed by atoms with E-state index in [2.05, 4.69) is 99.5 Å². The van der Waals surface area contributed by atoms with Gasteiger partial charge in [-0.3, -0.25) is 4.79 Å². The van der Waals surface area contributed by atoms with E-state index in [9.17, 15) is 9.90 Å². The van der Waals surface area contributed by atoms with Crippen molar-refractivity contribution in [3.8, 4) is 0 Å². The van der Waals surface area contributed by atoms with Gasteiger partial charge in [-0.05, 0) is 88.1 Å². The lowest BCUT2D eigenvalue weighted by Gasteiger charge is -2.34. The smallest absolute Gasteiger partial charge is 0.205 e. The Morgan fingerprint density at radius 1 is 0.667 bits per heavy atom. The van der Waals surface area contributed by atoms with E-state index in [0.29, 0.717) is 23.2 Å². The first-order chi connectivity index (χ1) is 23.2. The van der Waals surface area contributed by atoms with Gasteiger partial charge in [0.25, 0.3) is 0 Å². The number of carbonyl (C=O) groups excluding carboxylic acids is 1. The first-order valence-corrected chi connectivity index (χ1v) is 18.0. The summed E-state index contributed by atoms with van der Waals surface area (Å²) in [5, 5.41) is 13.5. The molecule has 5 rings (SSSR count). The summed E-state index contributed by atoms with van der Waals surface area (Å²) in [7, 11) is 0. The largest absolute Gasteiger partial charge is 0.871 e. The SMILES string of the molecule is CCCCCC(C)N(c1ccc(C)cc1)c1ccc(C2=C([O-])C(=C3C=CC(=[N+](c4ccc(C)cc4)C(C)CCCCC)C=C3)C2=O)cc1. The molecule has 0 fully saturated rings. The van der Waals surface area contributed by atoms with Crippen molar-refractivity contribution in [2.24, 2.45) is 0 Å². The fourth-order valence-electron chi connectivity index (χ4n) is 6.86. The number of unbranched alkanes of at least 4 members (excludes halogenated alkanes) is 4. The van der Waals surface area contributed by atoms with Gasteiger partial charge in [0, 0.05) is 59.3 Å². The van der Waals surface area contributed by atoms with Gasteiger partial charge in [0.05, 0.1) is 0 Å². The van der Waals surface area contributed by atoms with Crippen LogP contribution in [0, 0.1) is 13.8 Å². The normalized spacial score (nSPS) is 15.5. The zero-order valence-electron chi connectivity index (χ0n) is 29.8. The maximum atomic E-state index is 13.5. The first-order valence-electron chi connectivity index (χ1n) is 18.0. The summed E-state index contributed by atoms with van der Waals surface area (Å²) in [5.74, 6) is -0.348. The lowest BCUT2D eigenvalue weighted by Crippen LogP contribution is -2.31. The van der Waals surface area contributed by atoms with E-state index in [1.807, 2.05) is 48.6 Å². The quantitative estimate of drug-likeness (QED) is 0.100. The van der Waals surface area contributed by atoms with Crippen molar-refractivity contribution in [2.75, 3.05) is 4.90 Å². The molecule has 48 heavy (non-hydrogen) atoms. The number of Topliss-reactive ketones (excluding diaryl/α,β-unsaturated/α-hetero) is 1. The lowest BCUT2D eigenvalue weighted by atomic mass is 9.80. The maximum absolute atomic E-state index is 13.5. The summed E-state index contributed by atoms with van der Waals surface area (Å²) in [4.78, 5) is 15.9. The molecule has 0 aliphatic heterocycles. The highest BCUT2D eigenvalue weighted by molar-refractivity contribution is 6.39. The molecule has 0 saturated heterocycles. The molecule has 3 aromatic rings. The van der Waals surface area contributed by atoms with E-state index in [0.717, 1.165) is 35.6 Å².